The van der Waals surface area contributed by atoms with Gasteiger partial charge < -0.3 is 10.0 Å². The van der Waals surface area contributed by atoms with E-state index in [0.717, 1.165) is 12.8 Å². The van der Waals surface area contributed by atoms with Crippen molar-refractivity contribution in [3.05, 3.63) is 28.0 Å². The summed E-state index contributed by atoms with van der Waals surface area (Å²) in [5, 5.41) is 9.48. The number of carbonyl (C=O) groups excluding carboxylic acids is 1. The third kappa shape index (κ3) is 2.98. The standard InChI is InChI=1S/C12H12Cl2N2O3/c13-7-4-5-9(14)15-10(7)11(17)16-6-2-1-3-8(16)12(18)19/h4-5,8H,1-3,6H2,(H,18,19)/t8-/m0/s1. The van der Waals surface area contributed by atoms with Crippen LogP contribution in [-0.2, 0) is 4.79 Å². The Balaban J connectivity index is 2.31. The maximum absolute atomic E-state index is 12.3. The molecule has 102 valence electrons. The second-order valence-electron chi connectivity index (χ2n) is 4.31. The Hall–Kier alpha value is -1.33. The van der Waals surface area contributed by atoms with Gasteiger partial charge in [-0.25, -0.2) is 9.78 Å². The molecule has 0 unspecified atom stereocenters. The summed E-state index contributed by atoms with van der Waals surface area (Å²) in [7, 11) is 0. The number of aromatic nitrogens is 1. The Morgan fingerprint density at radius 2 is 2.05 bits per heavy atom. The molecular weight excluding hydrogens is 291 g/mol. The lowest BCUT2D eigenvalue weighted by Crippen LogP contribution is -2.48. The second-order valence-corrected chi connectivity index (χ2v) is 5.11. The number of hydrogen-bond acceptors (Lipinski definition) is 3. The fraction of sp³-hybridized carbons (Fsp3) is 0.417. The van der Waals surface area contributed by atoms with Crippen molar-refractivity contribution >= 4 is 35.1 Å². The quantitative estimate of drug-likeness (QED) is 0.852. The van der Waals surface area contributed by atoms with Crippen LogP contribution in [0.1, 0.15) is 29.8 Å². The zero-order chi connectivity index (χ0) is 14.0. The molecule has 1 N–H and O–H groups in total. The number of pyridine rings is 1. The molecule has 1 aliphatic rings. The Morgan fingerprint density at radius 1 is 1.32 bits per heavy atom. The van der Waals surface area contributed by atoms with Gasteiger partial charge in [-0.05, 0) is 31.4 Å². The maximum atomic E-state index is 12.3. The van der Waals surface area contributed by atoms with Gasteiger partial charge in [-0.1, -0.05) is 23.2 Å². The molecule has 0 aliphatic carbocycles. The molecule has 0 bridgehead atoms. The molecule has 1 fully saturated rings. The zero-order valence-electron chi connectivity index (χ0n) is 9.97. The van der Waals surface area contributed by atoms with Gasteiger partial charge in [0.1, 0.15) is 16.9 Å². The Bertz CT molecular complexity index is 522. The van der Waals surface area contributed by atoms with Crippen LogP contribution in [0.4, 0.5) is 0 Å². The number of carboxylic acid groups (broad SMARTS) is 1. The molecule has 1 aromatic heterocycles. The van der Waals surface area contributed by atoms with Crippen LogP contribution in [0.5, 0.6) is 0 Å². The van der Waals surface area contributed by atoms with E-state index >= 15 is 0 Å². The summed E-state index contributed by atoms with van der Waals surface area (Å²) in [6.07, 6.45) is 2.00. The minimum atomic E-state index is -1.01. The average Bonchev–Trinajstić information content (AvgIpc) is 2.40. The monoisotopic (exact) mass is 302 g/mol. The molecule has 1 saturated heterocycles. The highest BCUT2D eigenvalue weighted by atomic mass is 35.5. The van der Waals surface area contributed by atoms with Crippen LogP contribution in [0.3, 0.4) is 0 Å². The lowest BCUT2D eigenvalue weighted by atomic mass is 10.0. The van der Waals surface area contributed by atoms with Crippen LogP contribution in [0.2, 0.25) is 10.2 Å². The van der Waals surface area contributed by atoms with Crippen molar-refractivity contribution in [2.75, 3.05) is 6.54 Å². The third-order valence-corrected chi connectivity index (χ3v) is 3.58. The molecule has 0 saturated carbocycles. The predicted molar refractivity (Wildman–Crippen MR) is 70.6 cm³/mol. The highest BCUT2D eigenvalue weighted by molar-refractivity contribution is 6.34. The molecule has 2 rings (SSSR count). The summed E-state index contributed by atoms with van der Waals surface area (Å²) >= 11 is 11.7. The van der Waals surface area contributed by atoms with Gasteiger partial charge in [-0.15, -0.1) is 0 Å². The highest BCUT2D eigenvalue weighted by Crippen LogP contribution is 2.23. The van der Waals surface area contributed by atoms with Gasteiger partial charge in [-0.3, -0.25) is 4.79 Å². The second kappa shape index (κ2) is 5.75. The number of piperidine rings is 1. The van der Waals surface area contributed by atoms with E-state index in [-0.39, 0.29) is 15.9 Å². The number of carbonyl (C=O) groups is 2. The molecule has 1 aromatic rings. The normalized spacial score (nSPS) is 19.3. The number of halogens is 2. The minimum Gasteiger partial charge on any atom is -0.480 e. The van der Waals surface area contributed by atoms with E-state index in [4.69, 9.17) is 28.3 Å². The van der Waals surface area contributed by atoms with E-state index in [1.165, 1.54) is 17.0 Å². The van der Waals surface area contributed by atoms with Crippen molar-refractivity contribution in [1.29, 1.82) is 0 Å². The lowest BCUT2D eigenvalue weighted by molar-refractivity contribution is -0.143. The molecule has 0 aromatic carbocycles. The van der Waals surface area contributed by atoms with Crippen molar-refractivity contribution in [3.63, 3.8) is 0 Å². The minimum absolute atomic E-state index is 0.00215. The molecule has 1 amide bonds. The van der Waals surface area contributed by atoms with Gasteiger partial charge in [0.2, 0.25) is 0 Å². The molecule has 0 spiro atoms. The van der Waals surface area contributed by atoms with Crippen LogP contribution in [0, 0.1) is 0 Å². The molecule has 1 atom stereocenters. The van der Waals surface area contributed by atoms with Crippen molar-refractivity contribution < 1.29 is 14.7 Å². The molecule has 1 aliphatic heterocycles. The van der Waals surface area contributed by atoms with Crippen molar-refractivity contribution in [3.8, 4) is 0 Å². The summed E-state index contributed by atoms with van der Waals surface area (Å²) in [5.74, 6) is -1.49. The fourth-order valence-electron chi connectivity index (χ4n) is 2.14. The number of aliphatic carboxylic acids is 1. The van der Waals surface area contributed by atoms with Crippen LogP contribution < -0.4 is 0 Å². The first kappa shape index (κ1) is 14.1. The summed E-state index contributed by atoms with van der Waals surface area (Å²) < 4.78 is 0. The first-order valence-electron chi connectivity index (χ1n) is 5.86. The fourth-order valence-corrected chi connectivity index (χ4v) is 2.47. The molecular formula is C12H12Cl2N2O3. The predicted octanol–water partition coefficient (Wildman–Crippen LogP) is 2.47. The van der Waals surface area contributed by atoms with Crippen molar-refractivity contribution in [1.82, 2.24) is 9.88 Å². The molecule has 2 heterocycles. The summed E-state index contributed by atoms with van der Waals surface area (Å²) in [6, 6.07) is 2.13. The first-order valence-corrected chi connectivity index (χ1v) is 6.62. The van der Waals surface area contributed by atoms with E-state index in [1.54, 1.807) is 0 Å². The number of hydrogen-bond donors (Lipinski definition) is 1. The van der Waals surface area contributed by atoms with Gasteiger partial charge in [0.25, 0.3) is 5.91 Å². The van der Waals surface area contributed by atoms with Crippen LogP contribution in [0.15, 0.2) is 12.1 Å². The third-order valence-electron chi connectivity index (χ3n) is 3.06. The first-order chi connectivity index (χ1) is 9.00. The largest absolute Gasteiger partial charge is 0.480 e. The van der Waals surface area contributed by atoms with Gasteiger partial charge in [0.15, 0.2) is 0 Å². The number of carboxylic acids is 1. The molecule has 7 heteroatoms. The zero-order valence-corrected chi connectivity index (χ0v) is 11.5. The van der Waals surface area contributed by atoms with Gasteiger partial charge in [0, 0.05) is 6.54 Å². The van der Waals surface area contributed by atoms with Crippen LogP contribution >= 0.6 is 23.2 Å². The van der Waals surface area contributed by atoms with Gasteiger partial charge in [0.05, 0.1) is 5.02 Å². The smallest absolute Gasteiger partial charge is 0.326 e. The highest BCUT2D eigenvalue weighted by Gasteiger charge is 2.33. The SMILES string of the molecule is O=C(O)[C@@H]1CCCCN1C(=O)c1nc(Cl)ccc1Cl. The molecule has 19 heavy (non-hydrogen) atoms. The van der Waals surface area contributed by atoms with E-state index in [0.29, 0.717) is 13.0 Å². The van der Waals surface area contributed by atoms with Crippen molar-refractivity contribution in [2.24, 2.45) is 0 Å². The van der Waals surface area contributed by atoms with Crippen molar-refractivity contribution in [2.45, 2.75) is 25.3 Å². The molecule has 5 nitrogen and oxygen atoms in total. The average molecular weight is 303 g/mol. The number of rotatable bonds is 2. The van der Waals surface area contributed by atoms with Gasteiger partial charge >= 0.3 is 5.97 Å². The summed E-state index contributed by atoms with van der Waals surface area (Å²) in [4.78, 5) is 28.7. The van der Waals surface area contributed by atoms with E-state index < -0.39 is 17.9 Å². The number of likely N-dealkylation sites (tertiary alicyclic amines) is 1. The Kier molecular flexibility index (Phi) is 4.27. The molecule has 0 radical (unpaired) electrons. The Labute approximate surface area is 120 Å². The summed E-state index contributed by atoms with van der Waals surface area (Å²) in [5.41, 5.74) is 0.00215. The van der Waals surface area contributed by atoms with E-state index in [1.807, 2.05) is 0 Å². The van der Waals surface area contributed by atoms with Crippen LogP contribution in [-0.4, -0.2) is 39.5 Å². The topological polar surface area (TPSA) is 70.5 Å². The maximum Gasteiger partial charge on any atom is 0.326 e. The van der Waals surface area contributed by atoms with E-state index in [9.17, 15) is 9.59 Å². The van der Waals surface area contributed by atoms with Gasteiger partial charge in [-0.2, -0.15) is 0 Å². The lowest BCUT2D eigenvalue weighted by Gasteiger charge is -2.32. The number of nitrogens with zero attached hydrogens (tertiary/aromatic N) is 2. The van der Waals surface area contributed by atoms with E-state index in [2.05, 4.69) is 4.98 Å². The summed E-state index contributed by atoms with van der Waals surface area (Å²) in [6.45, 7) is 0.389. The number of amides is 1. The van der Waals surface area contributed by atoms with Crippen LogP contribution in [0.25, 0.3) is 0 Å². The Morgan fingerprint density at radius 3 is 2.74 bits per heavy atom.